The van der Waals surface area contributed by atoms with Gasteiger partial charge < -0.3 is 19.7 Å². The monoisotopic (exact) mass is 336 g/mol. The Bertz CT molecular complexity index is 498. The van der Waals surface area contributed by atoms with Gasteiger partial charge >= 0.3 is 0 Å². The molecule has 0 bridgehead atoms. The number of thiocarbonyl (C=S) groups is 1. The van der Waals surface area contributed by atoms with Gasteiger partial charge in [-0.15, -0.1) is 0 Å². The van der Waals surface area contributed by atoms with Gasteiger partial charge in [0.1, 0.15) is 0 Å². The fourth-order valence-corrected chi connectivity index (χ4v) is 2.90. The molecule has 0 aliphatic carbocycles. The predicted molar refractivity (Wildman–Crippen MR) is 99.4 cm³/mol. The standard InChI is InChI=1S/C18H28N2O2S/c1-3-5-7-11-20(12-8-6-4-2)18(23)19-15-9-10-16-17(13-15)22-14-21-16/h9-10,13H,3-8,11-12,14H2,1-2H3,(H,19,23). The Labute approximate surface area is 145 Å². The molecule has 0 spiro atoms. The van der Waals surface area contributed by atoms with Crippen molar-refractivity contribution in [3.8, 4) is 11.5 Å². The summed E-state index contributed by atoms with van der Waals surface area (Å²) in [5.74, 6) is 1.57. The molecule has 1 aliphatic heterocycles. The van der Waals surface area contributed by atoms with Crippen LogP contribution in [0.5, 0.6) is 11.5 Å². The average Bonchev–Trinajstić information content (AvgIpc) is 3.01. The van der Waals surface area contributed by atoms with Crippen molar-refractivity contribution in [1.29, 1.82) is 0 Å². The predicted octanol–water partition coefficient (Wildman–Crippen LogP) is 4.79. The first-order valence-corrected chi connectivity index (χ1v) is 9.11. The molecular weight excluding hydrogens is 308 g/mol. The highest BCUT2D eigenvalue weighted by Gasteiger charge is 2.15. The number of nitrogens with one attached hydrogen (secondary N) is 1. The minimum atomic E-state index is 0.295. The van der Waals surface area contributed by atoms with E-state index in [0.29, 0.717) is 6.79 Å². The molecule has 4 nitrogen and oxygen atoms in total. The van der Waals surface area contributed by atoms with Crippen LogP contribution in [0.1, 0.15) is 52.4 Å². The Kier molecular flexibility index (Phi) is 7.46. The smallest absolute Gasteiger partial charge is 0.231 e. The lowest BCUT2D eigenvalue weighted by molar-refractivity contribution is 0.174. The maximum absolute atomic E-state index is 5.63. The van der Waals surface area contributed by atoms with E-state index < -0.39 is 0 Å². The van der Waals surface area contributed by atoms with Crippen molar-refractivity contribution in [1.82, 2.24) is 4.90 Å². The van der Waals surface area contributed by atoms with Crippen LogP contribution in [0.15, 0.2) is 18.2 Å². The normalized spacial score (nSPS) is 12.3. The maximum Gasteiger partial charge on any atom is 0.231 e. The number of fused-ring (bicyclic) bond motifs is 1. The summed E-state index contributed by atoms with van der Waals surface area (Å²) in [4.78, 5) is 2.30. The SMILES string of the molecule is CCCCCN(CCCCC)C(=S)Nc1ccc2c(c1)OCO2. The third kappa shape index (κ3) is 5.57. The minimum Gasteiger partial charge on any atom is -0.454 e. The molecule has 0 radical (unpaired) electrons. The summed E-state index contributed by atoms with van der Waals surface area (Å²) < 4.78 is 10.8. The van der Waals surface area contributed by atoms with E-state index in [1.165, 1.54) is 38.5 Å². The molecule has 0 atom stereocenters. The Hall–Kier alpha value is -1.49. The largest absolute Gasteiger partial charge is 0.454 e. The van der Waals surface area contributed by atoms with Crippen molar-refractivity contribution < 1.29 is 9.47 Å². The second-order valence-electron chi connectivity index (χ2n) is 5.90. The van der Waals surface area contributed by atoms with Gasteiger partial charge in [0.15, 0.2) is 16.6 Å². The van der Waals surface area contributed by atoms with Gasteiger partial charge in [0.05, 0.1) is 0 Å². The molecule has 0 saturated heterocycles. The second-order valence-corrected chi connectivity index (χ2v) is 6.29. The number of benzene rings is 1. The van der Waals surface area contributed by atoms with Crippen molar-refractivity contribution in [3.63, 3.8) is 0 Å². The second kappa shape index (κ2) is 9.60. The molecular formula is C18H28N2O2S. The third-order valence-electron chi connectivity index (χ3n) is 3.97. The number of hydrogen-bond acceptors (Lipinski definition) is 3. The van der Waals surface area contributed by atoms with Crippen LogP contribution < -0.4 is 14.8 Å². The van der Waals surface area contributed by atoms with E-state index in [1.807, 2.05) is 18.2 Å². The lowest BCUT2D eigenvalue weighted by Crippen LogP contribution is -2.36. The molecule has 1 aromatic rings. The third-order valence-corrected chi connectivity index (χ3v) is 4.33. The van der Waals surface area contributed by atoms with Crippen LogP contribution in [0.4, 0.5) is 5.69 Å². The van der Waals surface area contributed by atoms with Gasteiger partial charge in [-0.2, -0.15) is 0 Å². The van der Waals surface area contributed by atoms with E-state index in [1.54, 1.807) is 0 Å². The van der Waals surface area contributed by atoms with Crippen LogP contribution in [0, 0.1) is 0 Å². The lowest BCUT2D eigenvalue weighted by Gasteiger charge is -2.26. The van der Waals surface area contributed by atoms with E-state index in [-0.39, 0.29) is 0 Å². The molecule has 1 aromatic carbocycles. The number of ether oxygens (including phenoxy) is 2. The van der Waals surface area contributed by atoms with Crippen molar-refractivity contribution in [2.24, 2.45) is 0 Å². The molecule has 0 fully saturated rings. The fourth-order valence-electron chi connectivity index (χ4n) is 2.60. The molecule has 0 saturated carbocycles. The molecule has 1 aliphatic rings. The highest BCUT2D eigenvalue weighted by atomic mass is 32.1. The Balaban J connectivity index is 1.92. The summed E-state index contributed by atoms with van der Waals surface area (Å²) in [7, 11) is 0. The first-order valence-electron chi connectivity index (χ1n) is 8.70. The quantitative estimate of drug-likeness (QED) is 0.518. The molecule has 0 amide bonds. The summed E-state index contributed by atoms with van der Waals surface area (Å²) in [6, 6.07) is 5.85. The number of anilines is 1. The van der Waals surface area contributed by atoms with Crippen LogP contribution >= 0.6 is 12.2 Å². The van der Waals surface area contributed by atoms with Gasteiger partial charge in [-0.05, 0) is 37.2 Å². The van der Waals surface area contributed by atoms with Gasteiger partial charge in [-0.1, -0.05) is 39.5 Å². The van der Waals surface area contributed by atoms with Crippen LogP contribution in [0.25, 0.3) is 0 Å². The Morgan fingerprint density at radius 1 is 1.04 bits per heavy atom. The minimum absolute atomic E-state index is 0.295. The highest BCUT2D eigenvalue weighted by Crippen LogP contribution is 2.34. The summed E-state index contributed by atoms with van der Waals surface area (Å²) in [5, 5.41) is 4.15. The fraction of sp³-hybridized carbons (Fsp3) is 0.611. The van der Waals surface area contributed by atoms with Gasteiger partial charge in [0, 0.05) is 24.8 Å². The molecule has 5 heteroatoms. The van der Waals surface area contributed by atoms with E-state index in [2.05, 4.69) is 24.1 Å². The van der Waals surface area contributed by atoms with Crippen molar-refractivity contribution in [3.05, 3.63) is 18.2 Å². The number of nitrogens with zero attached hydrogens (tertiary/aromatic N) is 1. The number of unbranched alkanes of at least 4 members (excludes halogenated alkanes) is 4. The first kappa shape index (κ1) is 17.9. The van der Waals surface area contributed by atoms with E-state index in [9.17, 15) is 0 Å². The summed E-state index contributed by atoms with van der Waals surface area (Å²) in [5.41, 5.74) is 0.954. The van der Waals surface area contributed by atoms with Gasteiger partial charge in [-0.3, -0.25) is 0 Å². The molecule has 1 N–H and O–H groups in total. The molecule has 0 unspecified atom stereocenters. The van der Waals surface area contributed by atoms with Crippen LogP contribution in [0.2, 0.25) is 0 Å². The summed E-state index contributed by atoms with van der Waals surface area (Å²) in [6.45, 7) is 6.79. The van der Waals surface area contributed by atoms with Gasteiger partial charge in [0.25, 0.3) is 0 Å². The zero-order valence-corrected chi connectivity index (χ0v) is 15.1. The topological polar surface area (TPSA) is 33.7 Å². The van der Waals surface area contributed by atoms with E-state index in [4.69, 9.17) is 21.7 Å². The molecule has 128 valence electrons. The van der Waals surface area contributed by atoms with E-state index >= 15 is 0 Å². The van der Waals surface area contributed by atoms with Crippen LogP contribution in [-0.2, 0) is 0 Å². The zero-order valence-electron chi connectivity index (χ0n) is 14.3. The molecule has 1 heterocycles. The summed E-state index contributed by atoms with van der Waals surface area (Å²) >= 11 is 5.63. The number of rotatable bonds is 9. The average molecular weight is 337 g/mol. The lowest BCUT2D eigenvalue weighted by atomic mass is 10.2. The van der Waals surface area contributed by atoms with E-state index in [0.717, 1.165) is 35.4 Å². The Morgan fingerprint density at radius 2 is 1.70 bits per heavy atom. The summed E-state index contributed by atoms with van der Waals surface area (Å²) in [6.07, 6.45) is 7.32. The Morgan fingerprint density at radius 3 is 2.35 bits per heavy atom. The molecule has 0 aromatic heterocycles. The van der Waals surface area contributed by atoms with Crippen molar-refractivity contribution in [2.45, 2.75) is 52.4 Å². The first-order chi connectivity index (χ1) is 11.2. The van der Waals surface area contributed by atoms with Crippen molar-refractivity contribution in [2.75, 3.05) is 25.2 Å². The van der Waals surface area contributed by atoms with Gasteiger partial charge in [-0.25, -0.2) is 0 Å². The number of hydrogen-bond donors (Lipinski definition) is 1. The maximum atomic E-state index is 5.63. The van der Waals surface area contributed by atoms with Crippen molar-refractivity contribution >= 4 is 23.0 Å². The van der Waals surface area contributed by atoms with Crippen LogP contribution in [0.3, 0.4) is 0 Å². The zero-order chi connectivity index (χ0) is 16.5. The molecule has 23 heavy (non-hydrogen) atoms. The highest BCUT2D eigenvalue weighted by molar-refractivity contribution is 7.80. The van der Waals surface area contributed by atoms with Gasteiger partial charge in [0.2, 0.25) is 6.79 Å². The van der Waals surface area contributed by atoms with Crippen LogP contribution in [-0.4, -0.2) is 29.9 Å². The molecule has 2 rings (SSSR count).